The van der Waals surface area contributed by atoms with Gasteiger partial charge in [-0.05, 0) is 91.5 Å². The molecule has 0 amide bonds. The molecule has 0 spiro atoms. The maximum absolute atomic E-state index is 5.67. The summed E-state index contributed by atoms with van der Waals surface area (Å²) in [6, 6.07) is 72.1. The number of benzene rings is 9. The van der Waals surface area contributed by atoms with Gasteiger partial charge in [0.05, 0.1) is 27.8 Å². The second-order valence-electron chi connectivity index (χ2n) is 17.0. The molecule has 0 atom stereocenters. The lowest BCUT2D eigenvalue weighted by atomic mass is 9.92. The highest BCUT2D eigenvalue weighted by molar-refractivity contribution is 6.40. The molecule has 11 aromatic rings. The quantitative estimate of drug-likeness (QED) is 0.170. The smallest absolute Gasteiger partial charge is 0.162 e. The van der Waals surface area contributed by atoms with Gasteiger partial charge in [0, 0.05) is 49.5 Å². The Balaban J connectivity index is 1.10. The van der Waals surface area contributed by atoms with Crippen LogP contribution in [0.15, 0.2) is 228 Å². The summed E-state index contributed by atoms with van der Waals surface area (Å²) in [5.41, 5.74) is 14.1. The van der Waals surface area contributed by atoms with E-state index in [9.17, 15) is 0 Å². The van der Waals surface area contributed by atoms with Crippen LogP contribution in [0, 0.1) is 0 Å². The Morgan fingerprint density at radius 1 is 0.359 bits per heavy atom. The Kier molecular flexibility index (Phi) is 7.23. The minimum atomic E-state index is 0.625. The van der Waals surface area contributed by atoms with Crippen LogP contribution < -0.4 is 0 Å². The average Bonchev–Trinajstić information content (AvgIpc) is 3.90. The highest BCUT2D eigenvalue weighted by Crippen LogP contribution is 2.55. The van der Waals surface area contributed by atoms with E-state index in [0.717, 1.165) is 56.0 Å². The van der Waals surface area contributed by atoms with Crippen molar-refractivity contribution in [3.63, 3.8) is 0 Å². The van der Waals surface area contributed by atoms with Crippen LogP contribution in [0.25, 0.3) is 110 Å². The Labute approximate surface area is 368 Å². The fourth-order valence-corrected chi connectivity index (χ4v) is 10.9. The fraction of sp³-hybridized carbons (Fsp3) is 0. The van der Waals surface area contributed by atoms with Crippen molar-refractivity contribution in [2.75, 3.05) is 0 Å². The highest BCUT2D eigenvalue weighted by atomic mass is 15.1. The Bertz CT molecular complexity index is 4110. The first-order valence-electron chi connectivity index (χ1n) is 21.9. The zero-order valence-electron chi connectivity index (χ0n) is 34.6. The summed E-state index contributed by atoms with van der Waals surface area (Å²) in [7, 11) is 0. The van der Waals surface area contributed by atoms with Gasteiger partial charge in [0.25, 0.3) is 0 Å². The van der Waals surface area contributed by atoms with Crippen LogP contribution in [-0.4, -0.2) is 20.8 Å². The molecule has 0 saturated heterocycles. The number of allylic oxidation sites excluding steroid dienone is 2. The van der Waals surface area contributed by atoms with Crippen molar-refractivity contribution in [1.29, 1.82) is 0 Å². The van der Waals surface area contributed by atoms with Gasteiger partial charge >= 0.3 is 0 Å². The lowest BCUT2D eigenvalue weighted by molar-refractivity contribution is 1.18. The third-order valence-electron chi connectivity index (χ3n) is 13.5. The maximum atomic E-state index is 5.67. The van der Waals surface area contributed by atoms with Crippen molar-refractivity contribution < 1.29 is 0 Å². The van der Waals surface area contributed by atoms with Gasteiger partial charge in [0.1, 0.15) is 5.84 Å². The van der Waals surface area contributed by atoms with E-state index in [-0.39, 0.29) is 0 Å². The monoisotopic (exact) mass is 812 g/mol. The van der Waals surface area contributed by atoms with Gasteiger partial charge in [-0.25, -0.2) is 9.98 Å². The lowest BCUT2D eigenvalue weighted by Gasteiger charge is -2.14. The van der Waals surface area contributed by atoms with Crippen molar-refractivity contribution in [3.05, 3.63) is 230 Å². The number of rotatable bonds is 4. The summed E-state index contributed by atoms with van der Waals surface area (Å²) in [6.07, 6.45) is 2.11. The molecular weight excluding hydrogens is 777 g/mol. The molecule has 3 heterocycles. The van der Waals surface area contributed by atoms with Gasteiger partial charge < -0.3 is 4.57 Å². The molecule has 0 bridgehead atoms. The Morgan fingerprint density at radius 3 is 1.80 bits per heavy atom. The predicted molar refractivity (Wildman–Crippen MR) is 270 cm³/mol. The van der Waals surface area contributed by atoms with Crippen molar-refractivity contribution in [2.45, 2.75) is 0 Å². The van der Waals surface area contributed by atoms with Crippen LogP contribution in [0.1, 0.15) is 11.1 Å². The van der Waals surface area contributed by atoms with Gasteiger partial charge in [-0.1, -0.05) is 170 Å². The summed E-state index contributed by atoms with van der Waals surface area (Å²) >= 11 is 0. The Morgan fingerprint density at radius 2 is 0.984 bits per heavy atom. The number of aromatic nitrogens is 2. The number of para-hydroxylation sites is 2. The minimum absolute atomic E-state index is 0.625. The molecule has 2 aliphatic carbocycles. The number of amidine groups is 1. The second kappa shape index (κ2) is 13.2. The first kappa shape index (κ1) is 35.0. The molecule has 1 aliphatic heterocycles. The van der Waals surface area contributed by atoms with E-state index in [2.05, 4.69) is 209 Å². The SMILES string of the molecule is C=C1C=C(c2ccccc2)N=C(c2ccc3c4ccccc4n(-c4ccccc4)c3c2)N=C1n1c2ccc3c4c2c2c5c(cccc5c(-c5ccccc5)c-4c4ccccc43)ccc21. The molecule has 14 rings (SSSR count). The third-order valence-corrected chi connectivity index (χ3v) is 13.5. The van der Waals surface area contributed by atoms with Crippen LogP contribution >= 0.6 is 0 Å². The molecule has 64 heavy (non-hydrogen) atoms. The molecule has 4 heteroatoms. The van der Waals surface area contributed by atoms with E-state index in [1.54, 1.807) is 0 Å². The van der Waals surface area contributed by atoms with Crippen LogP contribution in [0.5, 0.6) is 0 Å². The summed E-state index contributed by atoms with van der Waals surface area (Å²) < 4.78 is 4.71. The normalized spacial score (nSPS) is 13.6. The summed E-state index contributed by atoms with van der Waals surface area (Å²) in [5.74, 6) is 1.37. The van der Waals surface area contributed by atoms with Gasteiger partial charge in [-0.3, -0.25) is 4.57 Å². The zero-order valence-corrected chi connectivity index (χ0v) is 34.6. The second-order valence-corrected chi connectivity index (χ2v) is 17.0. The van der Waals surface area contributed by atoms with Crippen molar-refractivity contribution in [1.82, 2.24) is 9.13 Å². The van der Waals surface area contributed by atoms with E-state index in [0.29, 0.717) is 5.84 Å². The largest absolute Gasteiger partial charge is 0.309 e. The van der Waals surface area contributed by atoms with E-state index < -0.39 is 0 Å². The molecular formula is C60H36N4. The third kappa shape index (κ3) is 4.82. The van der Waals surface area contributed by atoms with E-state index in [1.165, 1.54) is 76.1 Å². The van der Waals surface area contributed by atoms with Crippen molar-refractivity contribution in [3.8, 4) is 27.9 Å². The summed E-state index contributed by atoms with van der Waals surface area (Å²) in [5, 5.41) is 12.3. The molecule has 0 fully saturated rings. The minimum Gasteiger partial charge on any atom is -0.309 e. The topological polar surface area (TPSA) is 34.6 Å². The van der Waals surface area contributed by atoms with Crippen LogP contribution in [0.2, 0.25) is 0 Å². The Hall–Kier alpha value is -8.60. The van der Waals surface area contributed by atoms with Gasteiger partial charge in [0.15, 0.2) is 5.84 Å². The first-order valence-corrected chi connectivity index (χ1v) is 21.9. The molecule has 0 N–H and O–H groups in total. The lowest BCUT2D eigenvalue weighted by Crippen LogP contribution is -2.15. The standard InChI is InChI=1S/C60H36N4/c1-36-34-48(37-16-5-2-6-17-37)61-59(40-28-30-44-43-24-13-14-27-49(43)63(52(44)35-40)41-21-9-4-10-22-41)62-60(36)64-50-32-29-39-20-15-26-47-53(38-18-7-3-8-19-38)55-45-25-12-11-23-42(45)46-31-33-51(64)58(56(46)55)57(50)54(39)47/h2-35H,1H2. The molecule has 0 saturated carbocycles. The van der Waals surface area contributed by atoms with Crippen LogP contribution in [-0.2, 0) is 0 Å². The van der Waals surface area contributed by atoms with Gasteiger partial charge in [0.2, 0.25) is 0 Å². The number of aliphatic imine (C=N–C) groups is 2. The zero-order chi connectivity index (χ0) is 42.0. The van der Waals surface area contributed by atoms with Crippen molar-refractivity contribution >= 4 is 93.3 Å². The summed E-state index contributed by atoms with van der Waals surface area (Å²) in [4.78, 5) is 11.1. The van der Waals surface area contributed by atoms with Crippen molar-refractivity contribution in [2.24, 2.45) is 9.98 Å². The molecule has 0 radical (unpaired) electrons. The van der Waals surface area contributed by atoms with E-state index in [1.807, 2.05) is 6.07 Å². The molecule has 3 aliphatic rings. The fourth-order valence-electron chi connectivity index (χ4n) is 10.9. The molecule has 296 valence electrons. The number of hydrogen-bond acceptors (Lipinski definition) is 2. The van der Waals surface area contributed by atoms with Gasteiger partial charge in [-0.15, -0.1) is 0 Å². The predicted octanol–water partition coefficient (Wildman–Crippen LogP) is 15.3. The highest BCUT2D eigenvalue weighted by Gasteiger charge is 2.31. The van der Waals surface area contributed by atoms with Gasteiger partial charge in [-0.2, -0.15) is 0 Å². The molecule has 0 unspecified atom stereocenters. The number of nitrogens with zero attached hydrogens (tertiary/aromatic N) is 4. The average molecular weight is 813 g/mol. The first-order chi connectivity index (χ1) is 31.7. The van der Waals surface area contributed by atoms with E-state index >= 15 is 0 Å². The summed E-state index contributed by atoms with van der Waals surface area (Å²) in [6.45, 7) is 4.79. The van der Waals surface area contributed by atoms with E-state index in [4.69, 9.17) is 16.6 Å². The molecule has 4 nitrogen and oxygen atoms in total. The van der Waals surface area contributed by atoms with Crippen LogP contribution in [0.4, 0.5) is 0 Å². The molecule has 9 aromatic carbocycles. The maximum Gasteiger partial charge on any atom is 0.162 e. The number of fused-ring (bicyclic) bond motifs is 6. The molecule has 2 aromatic heterocycles. The van der Waals surface area contributed by atoms with Crippen LogP contribution in [0.3, 0.4) is 0 Å². The number of hydrogen-bond donors (Lipinski definition) is 0.